The summed E-state index contributed by atoms with van der Waals surface area (Å²) in [5.74, 6) is 0. The van der Waals surface area contributed by atoms with E-state index >= 15 is 0 Å². The average Bonchev–Trinajstić information content (AvgIpc) is 2.30. The molecule has 0 aromatic heterocycles. The van der Waals surface area contributed by atoms with Crippen molar-refractivity contribution < 1.29 is 9.47 Å². The zero-order valence-corrected chi connectivity index (χ0v) is 11.8. The molecular weight excluding hydrogens is 282 g/mol. The van der Waals surface area contributed by atoms with Crippen LogP contribution in [-0.2, 0) is 9.47 Å². The molecule has 0 fully saturated rings. The summed E-state index contributed by atoms with van der Waals surface area (Å²) in [4.78, 5) is 4.32. The van der Waals surface area contributed by atoms with E-state index in [1.54, 1.807) is 0 Å². The Balaban J connectivity index is 2.47. The van der Waals surface area contributed by atoms with Crippen LogP contribution in [0.4, 0.5) is 0 Å². The van der Waals surface area contributed by atoms with Gasteiger partial charge in [0.05, 0.1) is 6.54 Å². The van der Waals surface area contributed by atoms with Gasteiger partial charge >= 0.3 is 0 Å². The third-order valence-corrected chi connectivity index (χ3v) is 2.54. The zero-order valence-electron chi connectivity index (χ0n) is 10.2. The minimum Gasteiger partial charge on any atom is -0.351 e. The van der Waals surface area contributed by atoms with Crippen molar-refractivity contribution in [2.45, 2.75) is 20.1 Å². The number of hydrogen-bond donors (Lipinski definition) is 0. The lowest BCUT2D eigenvalue weighted by molar-refractivity contribution is -0.128. The van der Waals surface area contributed by atoms with Crippen molar-refractivity contribution in [1.82, 2.24) is 0 Å². The molecule has 0 bridgehead atoms. The Bertz CT molecular complexity index is 349. The largest absolute Gasteiger partial charge is 0.351 e. The third kappa shape index (κ3) is 5.96. The SMILES string of the molecule is CCOC(CN=Cc1cccc(Br)c1)OCC. The molecule has 0 spiro atoms. The van der Waals surface area contributed by atoms with E-state index in [2.05, 4.69) is 20.9 Å². The highest BCUT2D eigenvalue weighted by Gasteiger charge is 2.05. The molecule has 94 valence electrons. The lowest BCUT2D eigenvalue weighted by atomic mass is 10.2. The van der Waals surface area contributed by atoms with Crippen LogP contribution in [0.3, 0.4) is 0 Å². The fourth-order valence-electron chi connectivity index (χ4n) is 1.36. The lowest BCUT2D eigenvalue weighted by Gasteiger charge is -2.13. The molecule has 17 heavy (non-hydrogen) atoms. The zero-order chi connectivity index (χ0) is 12.5. The average molecular weight is 300 g/mol. The summed E-state index contributed by atoms with van der Waals surface area (Å²) in [5, 5.41) is 0. The molecule has 0 heterocycles. The first-order valence-electron chi connectivity index (χ1n) is 5.74. The summed E-state index contributed by atoms with van der Waals surface area (Å²) in [7, 11) is 0. The van der Waals surface area contributed by atoms with Gasteiger partial charge in [0.15, 0.2) is 6.29 Å². The van der Waals surface area contributed by atoms with E-state index in [1.165, 1.54) is 0 Å². The molecule has 1 aromatic carbocycles. The predicted molar refractivity (Wildman–Crippen MR) is 73.6 cm³/mol. The topological polar surface area (TPSA) is 30.8 Å². The Morgan fingerprint density at radius 1 is 1.29 bits per heavy atom. The summed E-state index contributed by atoms with van der Waals surface area (Å²) in [6, 6.07) is 7.99. The predicted octanol–water partition coefficient (Wildman–Crippen LogP) is 3.27. The molecule has 0 saturated heterocycles. The van der Waals surface area contributed by atoms with Crippen molar-refractivity contribution in [3.8, 4) is 0 Å². The maximum absolute atomic E-state index is 5.40. The third-order valence-electron chi connectivity index (χ3n) is 2.05. The van der Waals surface area contributed by atoms with Gasteiger partial charge in [0.1, 0.15) is 0 Å². The molecule has 3 nitrogen and oxygen atoms in total. The van der Waals surface area contributed by atoms with Gasteiger partial charge in [-0.25, -0.2) is 0 Å². The summed E-state index contributed by atoms with van der Waals surface area (Å²) < 4.78 is 11.8. The van der Waals surface area contributed by atoms with Crippen LogP contribution >= 0.6 is 15.9 Å². The van der Waals surface area contributed by atoms with Crippen LogP contribution in [-0.4, -0.2) is 32.3 Å². The van der Waals surface area contributed by atoms with Crippen molar-refractivity contribution >= 4 is 22.1 Å². The van der Waals surface area contributed by atoms with E-state index in [-0.39, 0.29) is 6.29 Å². The smallest absolute Gasteiger partial charge is 0.176 e. The number of nitrogens with zero attached hydrogens (tertiary/aromatic N) is 1. The molecule has 0 aliphatic heterocycles. The Morgan fingerprint density at radius 2 is 2.00 bits per heavy atom. The van der Waals surface area contributed by atoms with Gasteiger partial charge in [-0.05, 0) is 31.5 Å². The summed E-state index contributed by atoms with van der Waals surface area (Å²) in [6.07, 6.45) is 1.59. The number of benzene rings is 1. The first kappa shape index (κ1) is 14.4. The van der Waals surface area contributed by atoms with Gasteiger partial charge in [-0.2, -0.15) is 0 Å². The Kier molecular flexibility index (Phi) is 7.08. The second-order valence-electron chi connectivity index (χ2n) is 3.39. The van der Waals surface area contributed by atoms with Gasteiger partial charge in [0.25, 0.3) is 0 Å². The van der Waals surface area contributed by atoms with Crippen LogP contribution in [0, 0.1) is 0 Å². The molecule has 4 heteroatoms. The lowest BCUT2D eigenvalue weighted by Crippen LogP contribution is -2.20. The van der Waals surface area contributed by atoms with Gasteiger partial charge in [-0.15, -0.1) is 0 Å². The monoisotopic (exact) mass is 299 g/mol. The number of hydrogen-bond acceptors (Lipinski definition) is 3. The Morgan fingerprint density at radius 3 is 2.59 bits per heavy atom. The fraction of sp³-hybridized carbons (Fsp3) is 0.462. The maximum atomic E-state index is 5.40. The summed E-state index contributed by atoms with van der Waals surface area (Å²) >= 11 is 3.42. The van der Waals surface area contributed by atoms with Gasteiger partial charge < -0.3 is 9.47 Å². The first-order valence-corrected chi connectivity index (χ1v) is 6.54. The van der Waals surface area contributed by atoms with E-state index in [0.717, 1.165) is 10.0 Å². The number of rotatable bonds is 7. The summed E-state index contributed by atoms with van der Waals surface area (Å²) in [6.45, 7) is 5.69. The highest BCUT2D eigenvalue weighted by molar-refractivity contribution is 9.10. The van der Waals surface area contributed by atoms with Crippen molar-refractivity contribution in [3.63, 3.8) is 0 Å². The van der Waals surface area contributed by atoms with Gasteiger partial charge in [-0.1, -0.05) is 28.1 Å². The second-order valence-corrected chi connectivity index (χ2v) is 4.31. The molecule has 0 atom stereocenters. The van der Waals surface area contributed by atoms with Crippen molar-refractivity contribution in [1.29, 1.82) is 0 Å². The number of ether oxygens (including phenoxy) is 2. The van der Waals surface area contributed by atoms with Crippen LogP contribution in [0.1, 0.15) is 19.4 Å². The van der Waals surface area contributed by atoms with Gasteiger partial charge in [-0.3, -0.25) is 4.99 Å². The Labute approximate surface area is 111 Å². The van der Waals surface area contributed by atoms with Crippen LogP contribution in [0.5, 0.6) is 0 Å². The quantitative estimate of drug-likeness (QED) is 0.571. The van der Waals surface area contributed by atoms with Crippen LogP contribution < -0.4 is 0 Å². The fourth-order valence-corrected chi connectivity index (χ4v) is 1.77. The van der Waals surface area contributed by atoms with Crippen molar-refractivity contribution in [2.75, 3.05) is 19.8 Å². The van der Waals surface area contributed by atoms with Crippen molar-refractivity contribution in [2.24, 2.45) is 4.99 Å². The van der Waals surface area contributed by atoms with Gasteiger partial charge in [0, 0.05) is 23.9 Å². The molecular formula is C13H18BrNO2. The molecule has 1 rings (SSSR count). The van der Waals surface area contributed by atoms with E-state index in [0.29, 0.717) is 19.8 Å². The number of halogens is 1. The highest BCUT2D eigenvalue weighted by atomic mass is 79.9. The molecule has 0 amide bonds. The van der Waals surface area contributed by atoms with Crippen molar-refractivity contribution in [3.05, 3.63) is 34.3 Å². The highest BCUT2D eigenvalue weighted by Crippen LogP contribution is 2.10. The molecule has 0 aliphatic carbocycles. The normalized spacial score (nSPS) is 11.5. The van der Waals surface area contributed by atoms with Crippen LogP contribution in [0.2, 0.25) is 0 Å². The van der Waals surface area contributed by atoms with E-state index in [4.69, 9.17) is 9.47 Å². The molecule has 0 N–H and O–H groups in total. The maximum Gasteiger partial charge on any atom is 0.176 e. The minimum atomic E-state index is -0.242. The van der Waals surface area contributed by atoms with E-state index < -0.39 is 0 Å². The minimum absolute atomic E-state index is 0.242. The second kappa shape index (κ2) is 8.39. The molecule has 0 radical (unpaired) electrons. The molecule has 0 saturated carbocycles. The Hall–Kier alpha value is -0.710. The van der Waals surface area contributed by atoms with Gasteiger partial charge in [0.2, 0.25) is 0 Å². The number of aliphatic imine (C=N–C) groups is 1. The molecule has 0 unspecified atom stereocenters. The van der Waals surface area contributed by atoms with E-state index in [9.17, 15) is 0 Å². The van der Waals surface area contributed by atoms with E-state index in [1.807, 2.05) is 44.3 Å². The first-order chi connectivity index (χ1) is 8.26. The molecule has 0 aliphatic rings. The molecule has 1 aromatic rings. The van der Waals surface area contributed by atoms with Crippen LogP contribution in [0.15, 0.2) is 33.7 Å². The summed E-state index contributed by atoms with van der Waals surface area (Å²) in [5.41, 5.74) is 1.06. The standard InChI is InChI=1S/C13H18BrNO2/c1-3-16-13(17-4-2)10-15-9-11-6-5-7-12(14)8-11/h5-9,13H,3-4,10H2,1-2H3. The van der Waals surface area contributed by atoms with Crippen LogP contribution in [0.25, 0.3) is 0 Å².